The normalized spacial score (nSPS) is 15.3. The molecule has 0 saturated heterocycles. The van der Waals surface area contributed by atoms with Crippen molar-refractivity contribution in [2.45, 2.75) is 25.7 Å². The summed E-state index contributed by atoms with van der Waals surface area (Å²) in [7, 11) is 0. The smallest absolute Gasteiger partial charge is 0.229 e. The molecule has 5 rings (SSSR count). The van der Waals surface area contributed by atoms with Gasteiger partial charge in [0.25, 0.3) is 0 Å². The number of phenolic OH excluding ortho intramolecular Hbond substituents is 1. The molecular formula is C25H27N5O. The summed E-state index contributed by atoms with van der Waals surface area (Å²) < 4.78 is 0. The molecule has 6 nitrogen and oxygen atoms in total. The minimum atomic E-state index is 0.305. The third-order valence-corrected chi connectivity index (χ3v) is 5.89. The van der Waals surface area contributed by atoms with Gasteiger partial charge in [-0.05, 0) is 79.1 Å². The lowest BCUT2D eigenvalue weighted by Gasteiger charge is -2.30. The lowest BCUT2D eigenvalue weighted by molar-refractivity contribution is 0.474. The molecule has 0 bridgehead atoms. The van der Waals surface area contributed by atoms with E-state index in [1.165, 1.54) is 12.8 Å². The Kier molecular flexibility index (Phi) is 5.20. The summed E-state index contributed by atoms with van der Waals surface area (Å²) in [5.74, 6) is 2.53. The molecule has 1 aliphatic carbocycles. The van der Waals surface area contributed by atoms with Crippen molar-refractivity contribution in [3.8, 4) is 5.75 Å². The van der Waals surface area contributed by atoms with Crippen molar-refractivity contribution < 1.29 is 5.11 Å². The van der Waals surface area contributed by atoms with Crippen LogP contribution in [0.15, 0.2) is 61.3 Å². The average Bonchev–Trinajstić information content (AvgIpc) is 3.62. The molecule has 31 heavy (non-hydrogen) atoms. The van der Waals surface area contributed by atoms with E-state index in [2.05, 4.69) is 39.2 Å². The molecule has 0 amide bonds. The molecule has 1 aliphatic heterocycles. The monoisotopic (exact) mass is 413 g/mol. The zero-order valence-electron chi connectivity index (χ0n) is 17.5. The average molecular weight is 414 g/mol. The van der Waals surface area contributed by atoms with E-state index in [-0.39, 0.29) is 0 Å². The Bertz CT molecular complexity index is 1090. The van der Waals surface area contributed by atoms with Crippen LogP contribution in [-0.2, 0) is 6.42 Å². The van der Waals surface area contributed by atoms with E-state index in [1.54, 1.807) is 12.3 Å². The van der Waals surface area contributed by atoms with Gasteiger partial charge in [-0.1, -0.05) is 18.7 Å². The molecule has 1 fully saturated rings. The molecule has 3 N–H and O–H groups in total. The van der Waals surface area contributed by atoms with E-state index in [4.69, 9.17) is 4.98 Å². The van der Waals surface area contributed by atoms with Crippen molar-refractivity contribution in [3.05, 3.63) is 72.4 Å². The van der Waals surface area contributed by atoms with Crippen molar-refractivity contribution in [2.75, 3.05) is 23.3 Å². The van der Waals surface area contributed by atoms with E-state index < -0.39 is 0 Å². The number of benzene rings is 2. The maximum Gasteiger partial charge on any atom is 0.229 e. The van der Waals surface area contributed by atoms with Crippen LogP contribution in [0.2, 0.25) is 0 Å². The van der Waals surface area contributed by atoms with Crippen LogP contribution in [0, 0.1) is 5.92 Å². The van der Waals surface area contributed by atoms with Gasteiger partial charge in [0, 0.05) is 36.4 Å². The standard InChI is InChI=1S/C25H27N5O/c1-17(27-16-18-4-5-18)19-6-8-21(9-7-19)28-25-26-13-12-24(29-25)30-14-2-3-20-15-22(31)10-11-23(20)30/h6-13,15,18,27,31H,1-5,14,16H2,(H,26,28,29). The summed E-state index contributed by atoms with van der Waals surface area (Å²) in [4.78, 5) is 11.3. The topological polar surface area (TPSA) is 73.3 Å². The van der Waals surface area contributed by atoms with E-state index in [9.17, 15) is 5.11 Å². The van der Waals surface area contributed by atoms with Crippen LogP contribution in [0.25, 0.3) is 5.70 Å². The number of rotatable bonds is 7. The van der Waals surface area contributed by atoms with Crippen LogP contribution < -0.4 is 15.5 Å². The van der Waals surface area contributed by atoms with Gasteiger partial charge in [0.05, 0.1) is 0 Å². The molecule has 3 aromatic rings. The Morgan fingerprint density at radius 1 is 1.13 bits per heavy atom. The summed E-state index contributed by atoms with van der Waals surface area (Å²) in [6.45, 7) is 6.05. The molecule has 0 atom stereocenters. The number of hydrogen-bond donors (Lipinski definition) is 3. The number of aryl methyl sites for hydroxylation is 1. The third kappa shape index (κ3) is 4.48. The van der Waals surface area contributed by atoms with Crippen molar-refractivity contribution in [1.29, 1.82) is 0 Å². The second kappa shape index (κ2) is 8.30. The van der Waals surface area contributed by atoms with Gasteiger partial charge < -0.3 is 20.6 Å². The van der Waals surface area contributed by atoms with Crippen molar-refractivity contribution in [1.82, 2.24) is 15.3 Å². The van der Waals surface area contributed by atoms with E-state index >= 15 is 0 Å². The predicted molar refractivity (Wildman–Crippen MR) is 125 cm³/mol. The summed E-state index contributed by atoms with van der Waals surface area (Å²) in [5, 5.41) is 16.5. The van der Waals surface area contributed by atoms with Gasteiger partial charge in [0.15, 0.2) is 0 Å². The highest BCUT2D eigenvalue weighted by Gasteiger charge is 2.21. The fourth-order valence-electron chi connectivity index (χ4n) is 3.96. The van der Waals surface area contributed by atoms with Gasteiger partial charge in [0.1, 0.15) is 11.6 Å². The van der Waals surface area contributed by atoms with Crippen molar-refractivity contribution >= 4 is 28.8 Å². The SMILES string of the molecule is C=C(NCC1CC1)c1ccc(Nc2nccc(N3CCCc4cc(O)ccc43)n2)cc1. The minimum absolute atomic E-state index is 0.305. The Hall–Kier alpha value is -3.54. The molecule has 1 saturated carbocycles. The second-order valence-electron chi connectivity index (χ2n) is 8.31. The number of anilines is 4. The van der Waals surface area contributed by atoms with Gasteiger partial charge in [-0.2, -0.15) is 4.98 Å². The lowest BCUT2D eigenvalue weighted by atomic mass is 10.0. The Morgan fingerprint density at radius 3 is 2.77 bits per heavy atom. The van der Waals surface area contributed by atoms with Crippen LogP contribution in [0.5, 0.6) is 5.75 Å². The van der Waals surface area contributed by atoms with Crippen molar-refractivity contribution in [2.24, 2.45) is 5.92 Å². The fraction of sp³-hybridized carbons (Fsp3) is 0.280. The molecular weight excluding hydrogens is 386 g/mol. The highest BCUT2D eigenvalue weighted by Crippen LogP contribution is 2.34. The molecule has 158 valence electrons. The minimum Gasteiger partial charge on any atom is -0.508 e. The van der Waals surface area contributed by atoms with Gasteiger partial charge in [-0.15, -0.1) is 0 Å². The van der Waals surface area contributed by atoms with Gasteiger partial charge in [-0.25, -0.2) is 4.98 Å². The third-order valence-electron chi connectivity index (χ3n) is 5.89. The maximum absolute atomic E-state index is 9.80. The Morgan fingerprint density at radius 2 is 1.97 bits per heavy atom. The Balaban J connectivity index is 1.29. The number of fused-ring (bicyclic) bond motifs is 1. The lowest BCUT2D eigenvalue weighted by Crippen LogP contribution is -2.25. The molecule has 0 radical (unpaired) electrons. The number of aromatic hydroxyl groups is 1. The first-order valence-electron chi connectivity index (χ1n) is 10.9. The second-order valence-corrected chi connectivity index (χ2v) is 8.31. The number of nitrogens with zero attached hydrogens (tertiary/aromatic N) is 3. The van der Waals surface area contributed by atoms with Gasteiger partial charge in [-0.3, -0.25) is 0 Å². The first-order chi connectivity index (χ1) is 15.2. The van der Waals surface area contributed by atoms with Crippen molar-refractivity contribution in [3.63, 3.8) is 0 Å². The Labute approximate surface area is 182 Å². The number of hydrogen-bond acceptors (Lipinski definition) is 6. The van der Waals surface area contributed by atoms with Crippen LogP contribution >= 0.6 is 0 Å². The number of phenols is 1. The zero-order valence-corrected chi connectivity index (χ0v) is 17.5. The summed E-state index contributed by atoms with van der Waals surface area (Å²) in [5.41, 5.74) is 5.22. The van der Waals surface area contributed by atoms with E-state index in [0.717, 1.165) is 65.9 Å². The maximum atomic E-state index is 9.80. The number of aromatic nitrogens is 2. The quantitative estimate of drug-likeness (QED) is 0.507. The van der Waals surface area contributed by atoms with E-state index in [1.807, 2.05) is 30.3 Å². The number of nitrogens with one attached hydrogen (secondary N) is 2. The molecule has 0 unspecified atom stereocenters. The molecule has 6 heteroatoms. The highest BCUT2D eigenvalue weighted by molar-refractivity contribution is 5.68. The molecule has 2 heterocycles. The first kappa shape index (κ1) is 19.4. The molecule has 0 spiro atoms. The van der Waals surface area contributed by atoms with Crippen LogP contribution in [0.3, 0.4) is 0 Å². The van der Waals surface area contributed by atoms with Gasteiger partial charge in [0.2, 0.25) is 5.95 Å². The van der Waals surface area contributed by atoms with Crippen LogP contribution in [0.4, 0.5) is 23.1 Å². The van der Waals surface area contributed by atoms with Crippen LogP contribution in [0.1, 0.15) is 30.4 Å². The summed E-state index contributed by atoms with van der Waals surface area (Å²) >= 11 is 0. The molecule has 1 aromatic heterocycles. The molecule has 2 aliphatic rings. The zero-order chi connectivity index (χ0) is 21.2. The largest absolute Gasteiger partial charge is 0.508 e. The van der Waals surface area contributed by atoms with Gasteiger partial charge >= 0.3 is 0 Å². The fourth-order valence-corrected chi connectivity index (χ4v) is 3.96. The van der Waals surface area contributed by atoms with E-state index in [0.29, 0.717) is 11.7 Å². The summed E-state index contributed by atoms with van der Waals surface area (Å²) in [6.07, 6.45) is 6.41. The first-order valence-corrected chi connectivity index (χ1v) is 10.9. The van der Waals surface area contributed by atoms with Crippen LogP contribution in [-0.4, -0.2) is 28.2 Å². The molecule has 2 aromatic carbocycles. The predicted octanol–water partition coefficient (Wildman–Crippen LogP) is 4.98. The summed E-state index contributed by atoms with van der Waals surface area (Å²) in [6, 6.07) is 15.6. The highest BCUT2D eigenvalue weighted by atomic mass is 16.3.